The first-order valence-electron chi connectivity index (χ1n) is 11.0. The summed E-state index contributed by atoms with van der Waals surface area (Å²) in [6.07, 6.45) is -3.23. The molecule has 0 radical (unpaired) electrons. The Morgan fingerprint density at radius 2 is 1.94 bits per heavy atom. The van der Waals surface area contributed by atoms with Gasteiger partial charge in [0.1, 0.15) is 12.2 Å². The molecule has 0 atom stereocenters. The highest BCUT2D eigenvalue weighted by Crippen LogP contribution is 2.31. The number of aromatic nitrogens is 3. The lowest BCUT2D eigenvalue weighted by Crippen LogP contribution is -2.40. The van der Waals surface area contributed by atoms with Crippen molar-refractivity contribution in [3.8, 4) is 0 Å². The number of hydrogen-bond acceptors (Lipinski definition) is 5. The molecule has 3 heterocycles. The Labute approximate surface area is 208 Å². The molecule has 35 heavy (non-hydrogen) atoms. The van der Waals surface area contributed by atoms with Crippen LogP contribution in [0.25, 0.3) is 0 Å². The van der Waals surface area contributed by atoms with Crippen molar-refractivity contribution in [3.63, 3.8) is 0 Å². The Bertz CT molecular complexity index is 1220. The topological polar surface area (TPSA) is 80.1 Å². The fourth-order valence-electron chi connectivity index (χ4n) is 3.90. The van der Waals surface area contributed by atoms with Crippen LogP contribution in [-0.2, 0) is 24.1 Å². The number of likely N-dealkylation sites (tertiary alicyclic amines) is 1. The molecular formula is C23H23ClF3N5O2S. The van der Waals surface area contributed by atoms with Crippen molar-refractivity contribution in [3.05, 3.63) is 68.4 Å². The van der Waals surface area contributed by atoms with Gasteiger partial charge < -0.3 is 10.2 Å². The summed E-state index contributed by atoms with van der Waals surface area (Å²) in [6.45, 7) is 2.48. The molecule has 0 saturated carbocycles. The van der Waals surface area contributed by atoms with Gasteiger partial charge >= 0.3 is 6.18 Å². The number of amides is 2. The Morgan fingerprint density at radius 1 is 1.23 bits per heavy atom. The molecule has 1 fully saturated rings. The number of benzene rings is 1. The van der Waals surface area contributed by atoms with Gasteiger partial charge in [0, 0.05) is 41.6 Å². The van der Waals surface area contributed by atoms with Crippen molar-refractivity contribution in [1.29, 1.82) is 0 Å². The third-order valence-electron chi connectivity index (χ3n) is 5.91. The van der Waals surface area contributed by atoms with Gasteiger partial charge in [-0.05, 0) is 37.5 Å². The number of carbonyl (C=O) groups excluding carboxylic acids is 2. The number of aryl methyl sites for hydroxylation is 1. The van der Waals surface area contributed by atoms with Crippen molar-refractivity contribution in [2.75, 3.05) is 13.1 Å². The summed E-state index contributed by atoms with van der Waals surface area (Å²) >= 11 is 7.53. The van der Waals surface area contributed by atoms with Crippen LogP contribution in [-0.4, -0.2) is 44.6 Å². The van der Waals surface area contributed by atoms with Crippen molar-refractivity contribution in [1.82, 2.24) is 25.0 Å². The molecule has 1 aliphatic rings. The van der Waals surface area contributed by atoms with Gasteiger partial charge in [-0.3, -0.25) is 14.3 Å². The van der Waals surface area contributed by atoms with Crippen molar-refractivity contribution in [2.24, 2.45) is 0 Å². The molecule has 1 N–H and O–H groups in total. The molecule has 2 aromatic heterocycles. The zero-order valence-corrected chi connectivity index (χ0v) is 20.4. The van der Waals surface area contributed by atoms with E-state index in [1.54, 1.807) is 16.3 Å². The number of nitrogens with one attached hydrogen (secondary N) is 1. The first kappa shape index (κ1) is 25.2. The number of alkyl halides is 3. The number of hydrogen-bond donors (Lipinski definition) is 1. The average Bonchev–Trinajstić information content (AvgIpc) is 3.46. The minimum atomic E-state index is -4.55. The largest absolute Gasteiger partial charge is 0.435 e. The summed E-state index contributed by atoms with van der Waals surface area (Å²) in [5.41, 5.74) is 0.431. The van der Waals surface area contributed by atoms with Crippen LogP contribution in [0.15, 0.2) is 35.7 Å². The second kappa shape index (κ2) is 10.4. The first-order valence-corrected chi connectivity index (χ1v) is 12.2. The maximum absolute atomic E-state index is 12.9. The predicted molar refractivity (Wildman–Crippen MR) is 125 cm³/mol. The quantitative estimate of drug-likeness (QED) is 0.508. The van der Waals surface area contributed by atoms with Crippen LogP contribution in [0, 0.1) is 6.92 Å². The van der Waals surface area contributed by atoms with Gasteiger partial charge in [0.25, 0.3) is 5.91 Å². The molecular weight excluding hydrogens is 503 g/mol. The predicted octanol–water partition coefficient (Wildman–Crippen LogP) is 4.66. The zero-order chi connectivity index (χ0) is 25.2. The van der Waals surface area contributed by atoms with Crippen LogP contribution in [0.3, 0.4) is 0 Å². The fourth-order valence-corrected chi connectivity index (χ4v) is 5.07. The minimum absolute atomic E-state index is 0.109. The molecule has 1 aliphatic heterocycles. The lowest BCUT2D eigenvalue weighted by molar-refractivity contribution is -0.142. The van der Waals surface area contributed by atoms with Crippen molar-refractivity contribution >= 4 is 34.8 Å². The Morgan fingerprint density at radius 3 is 2.60 bits per heavy atom. The van der Waals surface area contributed by atoms with E-state index in [1.807, 2.05) is 18.2 Å². The number of nitrogens with zero attached hydrogens (tertiary/aromatic N) is 4. The monoisotopic (exact) mass is 525 g/mol. The summed E-state index contributed by atoms with van der Waals surface area (Å²) < 4.78 is 39.7. The van der Waals surface area contributed by atoms with Crippen LogP contribution in [0.1, 0.15) is 51.2 Å². The van der Waals surface area contributed by atoms with E-state index in [9.17, 15) is 22.8 Å². The molecule has 1 saturated heterocycles. The summed E-state index contributed by atoms with van der Waals surface area (Å²) in [7, 11) is 0. The van der Waals surface area contributed by atoms with Gasteiger partial charge in [-0.2, -0.15) is 18.3 Å². The molecule has 0 unspecified atom stereocenters. The zero-order valence-electron chi connectivity index (χ0n) is 18.8. The summed E-state index contributed by atoms with van der Waals surface area (Å²) in [6, 6.07) is 8.21. The lowest BCUT2D eigenvalue weighted by Gasteiger charge is -2.31. The number of rotatable bonds is 6. The second-order valence-corrected chi connectivity index (χ2v) is 9.62. The molecule has 3 aromatic rings. The maximum atomic E-state index is 12.9. The molecule has 2 amide bonds. The third-order valence-corrected chi connectivity index (χ3v) is 7.28. The molecule has 0 aliphatic carbocycles. The molecule has 0 spiro atoms. The van der Waals surface area contributed by atoms with E-state index in [0.717, 1.165) is 21.3 Å². The molecule has 7 nitrogen and oxygen atoms in total. The molecule has 12 heteroatoms. The Hall–Kier alpha value is -2.92. The van der Waals surface area contributed by atoms with Gasteiger partial charge in [0.2, 0.25) is 5.91 Å². The van der Waals surface area contributed by atoms with Crippen molar-refractivity contribution in [2.45, 2.75) is 44.9 Å². The number of halogens is 4. The van der Waals surface area contributed by atoms with Crippen LogP contribution < -0.4 is 5.32 Å². The molecule has 0 bridgehead atoms. The molecule has 4 rings (SSSR count). The highest BCUT2D eigenvalue weighted by molar-refractivity contribution is 7.09. The second-order valence-electron chi connectivity index (χ2n) is 8.33. The van der Waals surface area contributed by atoms with Crippen molar-refractivity contribution < 1.29 is 22.8 Å². The van der Waals surface area contributed by atoms with E-state index in [-0.39, 0.29) is 30.0 Å². The van der Waals surface area contributed by atoms with E-state index < -0.39 is 11.9 Å². The fraction of sp³-hybridized carbons (Fsp3) is 0.391. The van der Waals surface area contributed by atoms with Crippen LogP contribution in [0.2, 0.25) is 5.02 Å². The van der Waals surface area contributed by atoms with Gasteiger partial charge in [-0.15, -0.1) is 11.3 Å². The summed E-state index contributed by atoms with van der Waals surface area (Å²) in [5, 5.41) is 9.48. The van der Waals surface area contributed by atoms with Crippen LogP contribution in [0.4, 0.5) is 13.2 Å². The summed E-state index contributed by atoms with van der Waals surface area (Å²) in [5.74, 6) is -0.451. The average molecular weight is 526 g/mol. The standard InChI is InChI=1S/C23H23ClF3N5O2S/c1-14-10-19(23(25,26)27)30-32(14)12-20(33)31-8-6-15(7-9-31)22-29-18(13-35-22)21(34)28-11-16-4-2-3-5-17(16)24/h2-5,10,13,15H,6-9,11-12H2,1H3,(H,28,34). The Kier molecular flexibility index (Phi) is 7.46. The van der Waals surface area contributed by atoms with Gasteiger partial charge in [-0.25, -0.2) is 4.98 Å². The smallest absolute Gasteiger partial charge is 0.347 e. The first-order chi connectivity index (χ1) is 16.6. The maximum Gasteiger partial charge on any atom is 0.435 e. The third kappa shape index (κ3) is 6.02. The van der Waals surface area contributed by atoms with Crippen LogP contribution in [0.5, 0.6) is 0 Å². The van der Waals surface area contributed by atoms with Gasteiger partial charge in [0.05, 0.1) is 5.01 Å². The normalized spacial score (nSPS) is 14.8. The van der Waals surface area contributed by atoms with E-state index in [4.69, 9.17) is 11.6 Å². The van der Waals surface area contributed by atoms with Crippen LogP contribution >= 0.6 is 22.9 Å². The molecule has 1 aromatic carbocycles. The summed E-state index contributed by atoms with van der Waals surface area (Å²) in [4.78, 5) is 31.3. The Balaban J connectivity index is 1.29. The van der Waals surface area contributed by atoms with E-state index in [2.05, 4.69) is 15.4 Å². The highest BCUT2D eigenvalue weighted by atomic mass is 35.5. The van der Waals surface area contributed by atoms with E-state index in [0.29, 0.717) is 43.2 Å². The molecule has 186 valence electrons. The SMILES string of the molecule is Cc1cc(C(F)(F)F)nn1CC(=O)N1CCC(c2nc(C(=O)NCc3ccccc3Cl)cs2)CC1. The number of thiazole rings is 1. The number of piperidine rings is 1. The highest BCUT2D eigenvalue weighted by Gasteiger charge is 2.35. The van der Waals surface area contributed by atoms with Gasteiger partial charge in [0.15, 0.2) is 5.69 Å². The lowest BCUT2D eigenvalue weighted by atomic mass is 9.97. The van der Waals surface area contributed by atoms with E-state index >= 15 is 0 Å². The minimum Gasteiger partial charge on any atom is -0.347 e. The van der Waals surface area contributed by atoms with E-state index in [1.165, 1.54) is 18.3 Å². The van der Waals surface area contributed by atoms with Gasteiger partial charge in [-0.1, -0.05) is 29.8 Å². The number of carbonyl (C=O) groups is 2.